The molecule has 0 aromatic heterocycles. The second kappa shape index (κ2) is 33.3. The number of nitrogens with two attached hydrogens (primary N) is 2. The topological polar surface area (TPSA) is 164 Å². The van der Waals surface area contributed by atoms with Gasteiger partial charge in [0.25, 0.3) is 0 Å². The van der Waals surface area contributed by atoms with E-state index >= 15 is 0 Å². The van der Waals surface area contributed by atoms with Crippen LogP contribution in [0, 0.1) is 0 Å². The van der Waals surface area contributed by atoms with E-state index in [1.807, 2.05) is 4.90 Å². The van der Waals surface area contributed by atoms with Crippen molar-refractivity contribution in [1.82, 2.24) is 4.90 Å². The van der Waals surface area contributed by atoms with Gasteiger partial charge in [-0.05, 0) is 52.4 Å². The number of carbonyl (C=O) groups is 1. The summed E-state index contributed by atoms with van der Waals surface area (Å²) in [4.78, 5) is 18.3. The van der Waals surface area contributed by atoms with Gasteiger partial charge in [0.1, 0.15) is 6.04 Å². The van der Waals surface area contributed by atoms with Gasteiger partial charge in [0, 0.05) is 32.8 Å². The summed E-state index contributed by atoms with van der Waals surface area (Å²) in [6, 6.07) is -0.672. The standard InChI is InChI=1S/C36H74N4O6.ClH/c1-5-7-9-11-13-15-17-23-33(30(3)41)45-28-20-26-40(32(35(43)44)22-19-25-39-36(37)38)27-21-29-46-34(31(4)42)24-18-16-14-12-10-8-6-2;/h30-34,41-42H,5-29H2,1-4H3,(H,43,44)(H4,37,38,39);1H/t30?,31?,32-,33?,34?;/m0./s1. The number of unbranched alkanes of at least 4 members (excludes halogenated alkanes) is 12. The Morgan fingerprint density at radius 3 is 1.43 bits per heavy atom. The number of carboxylic acid groups (broad SMARTS) is 1. The van der Waals surface area contributed by atoms with Crippen LogP contribution in [0.25, 0.3) is 0 Å². The van der Waals surface area contributed by atoms with Gasteiger partial charge in [0.15, 0.2) is 5.96 Å². The van der Waals surface area contributed by atoms with Gasteiger partial charge in [-0.25, -0.2) is 0 Å². The molecule has 0 aromatic rings. The number of ether oxygens (including phenoxy) is 2. The van der Waals surface area contributed by atoms with Gasteiger partial charge in [-0.3, -0.25) is 14.7 Å². The first-order valence-corrected chi connectivity index (χ1v) is 18.7. The summed E-state index contributed by atoms with van der Waals surface area (Å²) < 4.78 is 12.2. The number of aliphatic imine (C=N–C) groups is 1. The van der Waals surface area contributed by atoms with Gasteiger partial charge in [-0.15, -0.1) is 12.4 Å². The lowest BCUT2D eigenvalue weighted by Gasteiger charge is -2.30. The number of aliphatic carboxylic acids is 1. The highest BCUT2D eigenvalue weighted by Crippen LogP contribution is 2.17. The van der Waals surface area contributed by atoms with E-state index in [-0.39, 0.29) is 30.6 Å². The number of rotatable bonds is 34. The number of aliphatic hydroxyl groups is 2. The minimum absolute atomic E-state index is 0. The van der Waals surface area contributed by atoms with Gasteiger partial charge in [0.05, 0.1) is 24.4 Å². The fourth-order valence-electron chi connectivity index (χ4n) is 5.92. The Bertz CT molecular complexity index is 690. The molecule has 0 aromatic carbocycles. The molecule has 0 aliphatic heterocycles. The van der Waals surface area contributed by atoms with Crippen LogP contribution < -0.4 is 11.5 Å². The molecule has 0 saturated carbocycles. The molecule has 10 nitrogen and oxygen atoms in total. The summed E-state index contributed by atoms with van der Waals surface area (Å²) >= 11 is 0. The molecule has 47 heavy (non-hydrogen) atoms. The molecule has 7 N–H and O–H groups in total. The van der Waals surface area contributed by atoms with E-state index in [0.717, 1.165) is 38.5 Å². The zero-order valence-corrected chi connectivity index (χ0v) is 31.4. The molecule has 0 bridgehead atoms. The summed E-state index contributed by atoms with van der Waals surface area (Å²) in [5.41, 5.74) is 10.9. The molecule has 4 unspecified atom stereocenters. The van der Waals surface area contributed by atoms with Gasteiger partial charge in [-0.2, -0.15) is 0 Å². The van der Waals surface area contributed by atoms with Crippen LogP contribution in [0.2, 0.25) is 0 Å². The summed E-state index contributed by atoms with van der Waals surface area (Å²) in [5, 5.41) is 30.7. The van der Waals surface area contributed by atoms with E-state index in [9.17, 15) is 20.1 Å². The smallest absolute Gasteiger partial charge is 0.320 e. The van der Waals surface area contributed by atoms with Crippen LogP contribution in [-0.4, -0.2) is 95.5 Å². The first kappa shape index (κ1) is 47.9. The van der Waals surface area contributed by atoms with Gasteiger partial charge < -0.3 is 36.3 Å². The van der Waals surface area contributed by atoms with E-state index in [4.69, 9.17) is 20.9 Å². The quantitative estimate of drug-likeness (QED) is 0.0276. The molecule has 0 aliphatic carbocycles. The monoisotopic (exact) mass is 695 g/mol. The number of hydrogen-bond acceptors (Lipinski definition) is 7. The first-order chi connectivity index (χ1) is 22.1. The van der Waals surface area contributed by atoms with E-state index < -0.39 is 24.2 Å². The number of hydrogen-bond donors (Lipinski definition) is 5. The third kappa shape index (κ3) is 28.4. The summed E-state index contributed by atoms with van der Waals surface area (Å²) in [7, 11) is 0. The Morgan fingerprint density at radius 1 is 0.660 bits per heavy atom. The van der Waals surface area contributed by atoms with Crippen molar-refractivity contribution in [3.63, 3.8) is 0 Å². The third-order valence-corrected chi connectivity index (χ3v) is 8.76. The third-order valence-electron chi connectivity index (χ3n) is 8.76. The molecule has 0 spiro atoms. The maximum absolute atomic E-state index is 12.3. The SMILES string of the molecule is CCCCCCCCCC(OCCCN(CCCOC(CCCCCCCCC)C(C)O)[C@@H](CCCN=C(N)N)C(=O)O)C(C)O.Cl. The van der Waals surface area contributed by atoms with Crippen LogP contribution in [0.4, 0.5) is 0 Å². The van der Waals surface area contributed by atoms with E-state index in [0.29, 0.717) is 58.5 Å². The molecule has 0 saturated heterocycles. The second-order valence-electron chi connectivity index (χ2n) is 13.2. The van der Waals surface area contributed by atoms with Crippen molar-refractivity contribution < 1.29 is 29.6 Å². The maximum Gasteiger partial charge on any atom is 0.320 e. The molecule has 11 heteroatoms. The highest BCUT2D eigenvalue weighted by molar-refractivity contribution is 5.85. The van der Waals surface area contributed by atoms with Crippen molar-refractivity contribution in [3.05, 3.63) is 0 Å². The molecule has 5 atom stereocenters. The molecule has 0 amide bonds. The number of aliphatic hydroxyl groups excluding tert-OH is 2. The highest BCUT2D eigenvalue weighted by Gasteiger charge is 2.25. The fourth-order valence-corrected chi connectivity index (χ4v) is 5.92. The largest absolute Gasteiger partial charge is 0.480 e. The Labute approximate surface area is 294 Å². The highest BCUT2D eigenvalue weighted by atomic mass is 35.5. The second-order valence-corrected chi connectivity index (χ2v) is 13.2. The minimum Gasteiger partial charge on any atom is -0.480 e. The van der Waals surface area contributed by atoms with Crippen molar-refractivity contribution in [2.24, 2.45) is 16.5 Å². The minimum atomic E-state index is -0.867. The van der Waals surface area contributed by atoms with Crippen molar-refractivity contribution in [2.45, 2.75) is 187 Å². The zero-order valence-electron chi connectivity index (χ0n) is 30.6. The van der Waals surface area contributed by atoms with Crippen LogP contribution in [0.3, 0.4) is 0 Å². The van der Waals surface area contributed by atoms with Gasteiger partial charge in [0.2, 0.25) is 0 Å². The molecule has 282 valence electrons. The summed E-state index contributed by atoms with van der Waals surface area (Å²) in [6.07, 6.45) is 19.5. The van der Waals surface area contributed by atoms with Gasteiger partial charge in [-0.1, -0.05) is 104 Å². The van der Waals surface area contributed by atoms with Crippen molar-refractivity contribution in [1.29, 1.82) is 0 Å². The fraction of sp³-hybridized carbons (Fsp3) is 0.944. The molecule has 0 radical (unpaired) electrons. The van der Waals surface area contributed by atoms with Crippen LogP contribution in [-0.2, 0) is 14.3 Å². The Morgan fingerprint density at radius 2 is 1.06 bits per heavy atom. The molecular formula is C36H75ClN4O6. The Balaban J connectivity index is 0. The predicted octanol–water partition coefficient (Wildman–Crippen LogP) is 6.81. The van der Waals surface area contributed by atoms with Crippen molar-refractivity contribution in [2.75, 3.05) is 32.8 Å². The number of halogens is 1. The zero-order chi connectivity index (χ0) is 34.4. The average molecular weight is 695 g/mol. The van der Waals surface area contributed by atoms with Crippen molar-refractivity contribution >= 4 is 24.3 Å². The average Bonchev–Trinajstić information content (AvgIpc) is 3.00. The molecule has 0 rings (SSSR count). The normalized spacial score (nSPS) is 14.7. The molecule has 0 heterocycles. The Hall–Kier alpha value is -1.17. The Kier molecular flexibility index (Phi) is 34.0. The summed E-state index contributed by atoms with van der Waals surface area (Å²) in [6.45, 7) is 10.4. The lowest BCUT2D eigenvalue weighted by atomic mass is 10.0. The number of carboxylic acids is 1. The number of guanidine groups is 1. The lowest BCUT2D eigenvalue weighted by Crippen LogP contribution is -2.43. The molecular weight excluding hydrogens is 620 g/mol. The van der Waals surface area contributed by atoms with E-state index in [1.54, 1.807) is 13.8 Å². The summed E-state index contributed by atoms with van der Waals surface area (Å²) in [5.74, 6) is -0.862. The first-order valence-electron chi connectivity index (χ1n) is 18.7. The molecule has 0 fully saturated rings. The maximum atomic E-state index is 12.3. The lowest BCUT2D eigenvalue weighted by molar-refractivity contribution is -0.144. The predicted molar refractivity (Wildman–Crippen MR) is 197 cm³/mol. The van der Waals surface area contributed by atoms with Crippen LogP contribution >= 0.6 is 12.4 Å². The molecule has 0 aliphatic rings. The van der Waals surface area contributed by atoms with Crippen LogP contribution in [0.1, 0.15) is 156 Å². The van der Waals surface area contributed by atoms with E-state index in [2.05, 4.69) is 18.8 Å². The van der Waals surface area contributed by atoms with Gasteiger partial charge >= 0.3 is 5.97 Å². The van der Waals surface area contributed by atoms with Crippen LogP contribution in [0.5, 0.6) is 0 Å². The van der Waals surface area contributed by atoms with Crippen molar-refractivity contribution in [3.8, 4) is 0 Å². The number of nitrogens with zero attached hydrogens (tertiary/aromatic N) is 2. The van der Waals surface area contributed by atoms with Crippen LogP contribution in [0.15, 0.2) is 4.99 Å². The van der Waals surface area contributed by atoms with E-state index in [1.165, 1.54) is 64.2 Å².